The fourth-order valence-corrected chi connectivity index (χ4v) is 4.40. The molecule has 5 rings (SSSR count). The van der Waals surface area contributed by atoms with Gasteiger partial charge in [-0.1, -0.05) is 0 Å². The van der Waals surface area contributed by atoms with Crippen LogP contribution in [0.3, 0.4) is 0 Å². The number of aromatic nitrogens is 3. The summed E-state index contributed by atoms with van der Waals surface area (Å²) in [5, 5.41) is 2.78. The first-order valence-electron chi connectivity index (χ1n) is 10.9. The molecular weight excluding hydrogens is 408 g/mol. The quantitative estimate of drug-likeness (QED) is 0.721. The third-order valence-electron chi connectivity index (χ3n) is 6.21. The number of anilines is 1. The number of carbonyl (C=O) groups excluding carboxylic acids is 3. The predicted molar refractivity (Wildman–Crippen MR) is 116 cm³/mol. The van der Waals surface area contributed by atoms with Gasteiger partial charge in [0.05, 0.1) is 24.1 Å². The average Bonchev–Trinajstić information content (AvgIpc) is 2.99. The van der Waals surface area contributed by atoms with E-state index in [2.05, 4.69) is 20.3 Å². The van der Waals surface area contributed by atoms with Gasteiger partial charge in [0, 0.05) is 36.1 Å². The predicted octanol–water partition coefficient (Wildman–Crippen LogP) is 2.06. The molecular formula is C23H24N6O3. The smallest absolute Gasteiger partial charge is 0.277 e. The fraction of sp³-hybridized carbons (Fsp3) is 0.391. The summed E-state index contributed by atoms with van der Waals surface area (Å²) in [7, 11) is 0. The van der Waals surface area contributed by atoms with Gasteiger partial charge in [-0.25, -0.2) is 9.97 Å². The molecule has 3 amide bonds. The first kappa shape index (κ1) is 20.3. The standard InChI is InChI=1S/C23H24N6O3/c1-14-10-24-12-18(26-14)15-7-8-19(25-11-15)27-20(30)13-28-9-3-6-17-21(28)23(32)29(22(17)31)16-4-2-5-16/h7-8,10-12,16H,2-6,9,13H2,1H3,(H,25,27,30). The number of nitrogens with one attached hydrogen (secondary N) is 1. The molecule has 0 spiro atoms. The maximum Gasteiger partial charge on any atom is 0.277 e. The molecule has 0 atom stereocenters. The maximum absolute atomic E-state index is 13.0. The molecule has 164 valence electrons. The molecule has 0 saturated heterocycles. The van der Waals surface area contributed by atoms with Gasteiger partial charge in [0.1, 0.15) is 11.5 Å². The zero-order valence-corrected chi connectivity index (χ0v) is 17.9. The Morgan fingerprint density at radius 2 is 1.97 bits per heavy atom. The Morgan fingerprint density at radius 1 is 1.12 bits per heavy atom. The van der Waals surface area contributed by atoms with E-state index in [0.29, 0.717) is 35.7 Å². The van der Waals surface area contributed by atoms with E-state index < -0.39 is 0 Å². The largest absolute Gasteiger partial charge is 0.357 e. The second-order valence-corrected chi connectivity index (χ2v) is 8.44. The maximum atomic E-state index is 13.0. The molecule has 2 aliphatic heterocycles. The Balaban J connectivity index is 1.26. The minimum Gasteiger partial charge on any atom is -0.357 e. The van der Waals surface area contributed by atoms with Crippen LogP contribution in [0.5, 0.6) is 0 Å². The van der Waals surface area contributed by atoms with Gasteiger partial charge >= 0.3 is 0 Å². The first-order valence-corrected chi connectivity index (χ1v) is 10.9. The topological polar surface area (TPSA) is 108 Å². The number of hydrogen-bond acceptors (Lipinski definition) is 7. The second-order valence-electron chi connectivity index (χ2n) is 8.44. The first-order chi connectivity index (χ1) is 15.5. The van der Waals surface area contributed by atoms with Crippen LogP contribution in [0.25, 0.3) is 11.3 Å². The Kier molecular flexibility index (Phi) is 5.16. The number of rotatable bonds is 5. The number of nitrogens with zero attached hydrogens (tertiary/aromatic N) is 5. The van der Waals surface area contributed by atoms with Crippen molar-refractivity contribution in [2.75, 3.05) is 18.4 Å². The summed E-state index contributed by atoms with van der Waals surface area (Å²) in [6.45, 7) is 2.44. The minimum atomic E-state index is -0.281. The molecule has 0 bridgehead atoms. The van der Waals surface area contributed by atoms with E-state index in [1.807, 2.05) is 13.0 Å². The van der Waals surface area contributed by atoms with E-state index in [4.69, 9.17) is 0 Å². The molecule has 1 fully saturated rings. The highest BCUT2D eigenvalue weighted by Crippen LogP contribution is 2.36. The van der Waals surface area contributed by atoms with Crippen LogP contribution < -0.4 is 5.32 Å². The van der Waals surface area contributed by atoms with Gasteiger partial charge in [0.15, 0.2) is 0 Å². The molecule has 0 radical (unpaired) electrons. The van der Waals surface area contributed by atoms with Crippen molar-refractivity contribution >= 4 is 23.5 Å². The molecule has 2 aromatic rings. The second kappa shape index (κ2) is 8.14. The van der Waals surface area contributed by atoms with E-state index in [0.717, 1.165) is 36.9 Å². The Labute approximate surface area is 185 Å². The Bertz CT molecular complexity index is 1120. The molecule has 1 saturated carbocycles. The summed E-state index contributed by atoms with van der Waals surface area (Å²) in [5.74, 6) is -0.285. The summed E-state index contributed by atoms with van der Waals surface area (Å²) < 4.78 is 0. The molecule has 3 aliphatic rings. The van der Waals surface area contributed by atoms with Crippen molar-refractivity contribution in [1.29, 1.82) is 0 Å². The van der Waals surface area contributed by atoms with Crippen molar-refractivity contribution < 1.29 is 14.4 Å². The van der Waals surface area contributed by atoms with E-state index in [1.54, 1.807) is 29.6 Å². The van der Waals surface area contributed by atoms with Gasteiger partial charge in [0.25, 0.3) is 11.8 Å². The average molecular weight is 432 g/mol. The highest BCUT2D eigenvalue weighted by molar-refractivity contribution is 6.19. The molecule has 9 nitrogen and oxygen atoms in total. The van der Waals surface area contributed by atoms with Gasteiger partial charge in [-0.15, -0.1) is 0 Å². The van der Waals surface area contributed by atoms with Crippen LogP contribution in [0.4, 0.5) is 5.82 Å². The van der Waals surface area contributed by atoms with Crippen molar-refractivity contribution in [3.63, 3.8) is 0 Å². The van der Waals surface area contributed by atoms with Crippen molar-refractivity contribution in [3.05, 3.63) is 47.7 Å². The lowest BCUT2D eigenvalue weighted by Crippen LogP contribution is -2.46. The number of imide groups is 1. The van der Waals surface area contributed by atoms with Crippen LogP contribution >= 0.6 is 0 Å². The highest BCUT2D eigenvalue weighted by Gasteiger charge is 2.46. The third-order valence-corrected chi connectivity index (χ3v) is 6.21. The van der Waals surface area contributed by atoms with Crippen LogP contribution in [0.1, 0.15) is 37.8 Å². The monoisotopic (exact) mass is 432 g/mol. The van der Waals surface area contributed by atoms with Crippen LogP contribution in [0.15, 0.2) is 42.0 Å². The van der Waals surface area contributed by atoms with Crippen molar-refractivity contribution in [3.8, 4) is 11.3 Å². The number of hydrogen-bond donors (Lipinski definition) is 1. The summed E-state index contributed by atoms with van der Waals surface area (Å²) in [6.07, 6.45) is 9.09. The van der Waals surface area contributed by atoms with Crippen molar-refractivity contribution in [2.24, 2.45) is 0 Å². The Morgan fingerprint density at radius 3 is 2.66 bits per heavy atom. The molecule has 1 aliphatic carbocycles. The van der Waals surface area contributed by atoms with E-state index in [1.165, 1.54) is 4.90 Å². The van der Waals surface area contributed by atoms with Crippen LogP contribution in [-0.2, 0) is 14.4 Å². The lowest BCUT2D eigenvalue weighted by Gasteiger charge is -2.34. The zero-order chi connectivity index (χ0) is 22.2. The van der Waals surface area contributed by atoms with Crippen molar-refractivity contribution in [1.82, 2.24) is 24.8 Å². The summed E-state index contributed by atoms with van der Waals surface area (Å²) in [4.78, 5) is 54.5. The van der Waals surface area contributed by atoms with Crippen LogP contribution in [0.2, 0.25) is 0 Å². The lowest BCUT2D eigenvalue weighted by atomic mass is 9.91. The van der Waals surface area contributed by atoms with Gasteiger partial charge in [-0.2, -0.15) is 0 Å². The van der Waals surface area contributed by atoms with Crippen LogP contribution in [-0.4, -0.2) is 61.6 Å². The van der Waals surface area contributed by atoms with E-state index >= 15 is 0 Å². The molecule has 0 unspecified atom stereocenters. The number of pyridine rings is 1. The molecule has 0 aromatic carbocycles. The molecule has 4 heterocycles. The van der Waals surface area contributed by atoms with Crippen molar-refractivity contribution in [2.45, 2.75) is 45.1 Å². The fourth-order valence-electron chi connectivity index (χ4n) is 4.40. The van der Waals surface area contributed by atoms with Gasteiger partial charge in [-0.3, -0.25) is 24.3 Å². The van der Waals surface area contributed by atoms with Crippen LogP contribution in [0, 0.1) is 6.92 Å². The number of carbonyl (C=O) groups is 3. The molecule has 1 N–H and O–H groups in total. The SMILES string of the molecule is Cc1cncc(-c2ccc(NC(=O)CN3CCCC4=C3C(=O)N(C3CCC3)C4=O)nc2)n1. The zero-order valence-electron chi connectivity index (χ0n) is 17.9. The number of aryl methyl sites for hydroxylation is 1. The molecule has 32 heavy (non-hydrogen) atoms. The summed E-state index contributed by atoms with van der Waals surface area (Å²) in [5.41, 5.74) is 3.29. The Hall–Kier alpha value is -3.62. The third kappa shape index (κ3) is 3.63. The normalized spacial score (nSPS) is 18.7. The number of amides is 3. The van der Waals surface area contributed by atoms with Gasteiger partial charge < -0.3 is 10.2 Å². The molecule has 9 heteroatoms. The lowest BCUT2D eigenvalue weighted by molar-refractivity contribution is -0.142. The highest BCUT2D eigenvalue weighted by atomic mass is 16.2. The molecule has 2 aromatic heterocycles. The van der Waals surface area contributed by atoms with E-state index in [9.17, 15) is 14.4 Å². The minimum absolute atomic E-state index is 0.00312. The summed E-state index contributed by atoms with van der Waals surface area (Å²) >= 11 is 0. The van der Waals surface area contributed by atoms with E-state index in [-0.39, 0.29) is 30.3 Å². The van der Waals surface area contributed by atoms with Gasteiger partial charge in [0.2, 0.25) is 5.91 Å². The van der Waals surface area contributed by atoms with Gasteiger partial charge in [-0.05, 0) is 51.2 Å². The summed E-state index contributed by atoms with van der Waals surface area (Å²) in [6, 6.07) is 3.54.